The van der Waals surface area contributed by atoms with Gasteiger partial charge in [0, 0.05) is 11.6 Å². The molecule has 1 aliphatic rings. The molecule has 2 rings (SSSR count). The van der Waals surface area contributed by atoms with Gasteiger partial charge in [-0.25, -0.2) is 8.78 Å². The van der Waals surface area contributed by atoms with E-state index in [1.54, 1.807) is 6.92 Å². The van der Waals surface area contributed by atoms with Crippen LogP contribution < -0.4 is 5.32 Å². The topological polar surface area (TPSA) is 32.3 Å². The average molecular weight is 255 g/mol. The van der Waals surface area contributed by atoms with Crippen molar-refractivity contribution in [1.82, 2.24) is 5.32 Å². The molecule has 0 amide bonds. The maximum absolute atomic E-state index is 13.7. The number of hydrogen-bond donors (Lipinski definition) is 2. The molecule has 2 unspecified atom stereocenters. The fraction of sp³-hybridized carbons (Fsp3) is 0.571. The second-order valence-corrected chi connectivity index (χ2v) is 5.23. The van der Waals surface area contributed by atoms with Gasteiger partial charge in [-0.05, 0) is 38.8 Å². The molecule has 0 aromatic heterocycles. The van der Waals surface area contributed by atoms with E-state index in [9.17, 15) is 13.9 Å². The highest BCUT2D eigenvalue weighted by Gasteiger charge is 2.31. The van der Waals surface area contributed by atoms with Gasteiger partial charge in [-0.3, -0.25) is 0 Å². The molecule has 1 aromatic rings. The Labute approximate surface area is 106 Å². The van der Waals surface area contributed by atoms with E-state index in [0.29, 0.717) is 6.42 Å². The summed E-state index contributed by atoms with van der Waals surface area (Å²) in [6.45, 7) is 2.47. The molecule has 1 aromatic carbocycles. The average Bonchev–Trinajstić information content (AvgIpc) is 2.33. The Hall–Kier alpha value is -1.00. The Balaban J connectivity index is 2.16. The largest absolute Gasteiger partial charge is 0.385 e. The van der Waals surface area contributed by atoms with Crippen molar-refractivity contribution in [2.75, 3.05) is 6.54 Å². The molecule has 2 nitrogen and oxygen atoms in total. The Morgan fingerprint density at radius 1 is 1.39 bits per heavy atom. The number of benzene rings is 1. The first-order valence-corrected chi connectivity index (χ1v) is 6.41. The summed E-state index contributed by atoms with van der Waals surface area (Å²) in [7, 11) is 0. The van der Waals surface area contributed by atoms with Crippen LogP contribution in [0.3, 0.4) is 0 Å². The van der Waals surface area contributed by atoms with Gasteiger partial charge in [-0.15, -0.1) is 0 Å². The van der Waals surface area contributed by atoms with Crippen molar-refractivity contribution < 1.29 is 13.9 Å². The van der Waals surface area contributed by atoms with Gasteiger partial charge in [-0.2, -0.15) is 0 Å². The molecule has 1 heterocycles. The predicted octanol–water partition coefficient (Wildman–Crippen LogP) is 2.70. The van der Waals surface area contributed by atoms with E-state index in [4.69, 9.17) is 0 Å². The second-order valence-electron chi connectivity index (χ2n) is 5.23. The predicted molar refractivity (Wildman–Crippen MR) is 66.2 cm³/mol. The fourth-order valence-corrected chi connectivity index (χ4v) is 2.61. The van der Waals surface area contributed by atoms with E-state index in [2.05, 4.69) is 5.32 Å². The highest BCUT2D eigenvalue weighted by atomic mass is 19.2. The van der Waals surface area contributed by atoms with E-state index in [1.165, 1.54) is 12.1 Å². The van der Waals surface area contributed by atoms with E-state index < -0.39 is 17.2 Å². The number of hydrogen-bond acceptors (Lipinski definition) is 2. The highest BCUT2D eigenvalue weighted by molar-refractivity contribution is 5.25. The monoisotopic (exact) mass is 255 g/mol. The summed E-state index contributed by atoms with van der Waals surface area (Å²) in [6.07, 6.45) is 3.60. The van der Waals surface area contributed by atoms with E-state index in [-0.39, 0.29) is 11.6 Å². The van der Waals surface area contributed by atoms with Crippen molar-refractivity contribution >= 4 is 0 Å². The van der Waals surface area contributed by atoms with Crippen LogP contribution in [-0.2, 0) is 5.60 Å². The molecule has 2 N–H and O–H groups in total. The summed E-state index contributed by atoms with van der Waals surface area (Å²) < 4.78 is 26.9. The lowest BCUT2D eigenvalue weighted by Crippen LogP contribution is -2.40. The van der Waals surface area contributed by atoms with Gasteiger partial charge in [0.1, 0.15) is 0 Å². The molecule has 0 aliphatic carbocycles. The second kappa shape index (κ2) is 5.33. The van der Waals surface area contributed by atoms with Crippen LogP contribution in [0, 0.1) is 11.6 Å². The van der Waals surface area contributed by atoms with Gasteiger partial charge in [0.15, 0.2) is 11.6 Å². The smallest absolute Gasteiger partial charge is 0.164 e. The van der Waals surface area contributed by atoms with Gasteiger partial charge in [0.2, 0.25) is 0 Å². The van der Waals surface area contributed by atoms with Crippen molar-refractivity contribution in [2.45, 2.75) is 44.2 Å². The highest BCUT2D eigenvalue weighted by Crippen LogP contribution is 2.30. The first kappa shape index (κ1) is 13.4. The number of nitrogens with one attached hydrogen (secondary N) is 1. The van der Waals surface area contributed by atoms with Crippen LogP contribution in [0.4, 0.5) is 8.78 Å². The molecule has 0 radical (unpaired) electrons. The van der Waals surface area contributed by atoms with Crippen molar-refractivity contribution in [2.24, 2.45) is 0 Å². The minimum atomic E-state index is -1.35. The summed E-state index contributed by atoms with van der Waals surface area (Å²) in [5.41, 5.74) is -1.31. The zero-order chi connectivity index (χ0) is 13.2. The molecule has 1 saturated heterocycles. The van der Waals surface area contributed by atoms with E-state index in [1.807, 2.05) is 0 Å². The third-order valence-corrected chi connectivity index (χ3v) is 3.59. The maximum Gasteiger partial charge on any atom is 0.164 e. The summed E-state index contributed by atoms with van der Waals surface area (Å²) in [6, 6.07) is 4.10. The molecular formula is C14H19F2NO. The van der Waals surface area contributed by atoms with Crippen molar-refractivity contribution in [3.05, 3.63) is 35.4 Å². The van der Waals surface area contributed by atoms with E-state index in [0.717, 1.165) is 31.9 Å². The fourth-order valence-electron chi connectivity index (χ4n) is 2.61. The van der Waals surface area contributed by atoms with Crippen LogP contribution in [0.25, 0.3) is 0 Å². The summed E-state index contributed by atoms with van der Waals surface area (Å²) in [4.78, 5) is 0. The molecule has 18 heavy (non-hydrogen) atoms. The van der Waals surface area contributed by atoms with Crippen LogP contribution in [0.15, 0.2) is 18.2 Å². The molecule has 0 bridgehead atoms. The number of rotatable bonds is 3. The van der Waals surface area contributed by atoms with Crippen LogP contribution in [0.5, 0.6) is 0 Å². The minimum absolute atomic E-state index is 0.0369. The van der Waals surface area contributed by atoms with Crippen LogP contribution in [0.2, 0.25) is 0 Å². The molecule has 1 aliphatic heterocycles. The van der Waals surface area contributed by atoms with Crippen LogP contribution >= 0.6 is 0 Å². The van der Waals surface area contributed by atoms with Gasteiger partial charge in [0.25, 0.3) is 0 Å². The zero-order valence-corrected chi connectivity index (χ0v) is 10.5. The first-order valence-electron chi connectivity index (χ1n) is 6.41. The summed E-state index contributed by atoms with van der Waals surface area (Å²) in [5.74, 6) is -1.86. The molecular weight excluding hydrogens is 236 g/mol. The van der Waals surface area contributed by atoms with E-state index >= 15 is 0 Å². The summed E-state index contributed by atoms with van der Waals surface area (Å²) in [5, 5.41) is 13.7. The van der Waals surface area contributed by atoms with Gasteiger partial charge in [0.05, 0.1) is 5.60 Å². The lowest BCUT2D eigenvalue weighted by molar-refractivity contribution is 0.0292. The lowest BCUT2D eigenvalue weighted by Gasteiger charge is -2.32. The van der Waals surface area contributed by atoms with Gasteiger partial charge < -0.3 is 10.4 Å². The van der Waals surface area contributed by atoms with Crippen molar-refractivity contribution in [3.63, 3.8) is 0 Å². The summed E-state index contributed by atoms with van der Waals surface area (Å²) >= 11 is 0. The molecule has 4 heteroatoms. The van der Waals surface area contributed by atoms with Gasteiger partial charge >= 0.3 is 0 Å². The lowest BCUT2D eigenvalue weighted by atomic mass is 9.86. The van der Waals surface area contributed by atoms with Crippen LogP contribution in [-0.4, -0.2) is 17.7 Å². The quantitative estimate of drug-likeness (QED) is 0.870. The SMILES string of the molecule is CC(O)(CC1CCCCN1)c1cccc(F)c1F. The minimum Gasteiger partial charge on any atom is -0.385 e. The molecule has 2 atom stereocenters. The number of aliphatic hydroxyl groups is 1. The van der Waals surface area contributed by atoms with Crippen molar-refractivity contribution in [1.29, 1.82) is 0 Å². The maximum atomic E-state index is 13.7. The molecule has 0 spiro atoms. The number of piperidine rings is 1. The Bertz CT molecular complexity index is 414. The number of halogens is 2. The molecule has 1 fully saturated rings. The Morgan fingerprint density at radius 2 is 2.17 bits per heavy atom. The van der Waals surface area contributed by atoms with Gasteiger partial charge in [-0.1, -0.05) is 18.6 Å². The van der Waals surface area contributed by atoms with Crippen molar-refractivity contribution in [3.8, 4) is 0 Å². The standard InChI is InChI=1S/C14H19F2NO/c1-14(18,9-10-5-2-3-8-17-10)11-6-4-7-12(15)13(11)16/h4,6-7,10,17-18H,2-3,5,8-9H2,1H3. The normalized spacial score (nSPS) is 23.7. The third kappa shape index (κ3) is 2.87. The first-order chi connectivity index (χ1) is 8.50. The zero-order valence-electron chi connectivity index (χ0n) is 10.5. The molecule has 100 valence electrons. The Morgan fingerprint density at radius 3 is 2.83 bits per heavy atom. The van der Waals surface area contributed by atoms with Crippen LogP contribution in [0.1, 0.15) is 38.2 Å². The molecule has 0 saturated carbocycles. The third-order valence-electron chi connectivity index (χ3n) is 3.59. The Kier molecular flexibility index (Phi) is 3.97.